The second-order valence-electron chi connectivity index (χ2n) is 16.1. The van der Waals surface area contributed by atoms with Gasteiger partial charge in [-0.3, -0.25) is 18.4 Å². The van der Waals surface area contributed by atoms with Crippen molar-refractivity contribution in [2.75, 3.05) is 0 Å². The molecule has 0 aliphatic rings. The van der Waals surface area contributed by atoms with Crippen molar-refractivity contribution in [2.45, 2.75) is 117 Å². The lowest BCUT2D eigenvalue weighted by atomic mass is 10.0. The molecule has 9 heterocycles. The van der Waals surface area contributed by atoms with Crippen LogP contribution in [0.5, 0.6) is 0 Å². The number of thiophene rings is 5. The summed E-state index contributed by atoms with van der Waals surface area (Å²) < 4.78 is 4.77. The second kappa shape index (κ2) is 16.8. The maximum absolute atomic E-state index is 14.4. The summed E-state index contributed by atoms with van der Waals surface area (Å²) in [6, 6.07) is 17.5. The van der Waals surface area contributed by atoms with Crippen LogP contribution in [0.3, 0.4) is 0 Å². The van der Waals surface area contributed by atoms with Crippen molar-refractivity contribution in [2.24, 2.45) is 0 Å². The average Bonchev–Trinajstić information content (AvgIpc) is 4.10. The van der Waals surface area contributed by atoms with Gasteiger partial charge in [-0.2, -0.15) is 0 Å². The van der Waals surface area contributed by atoms with E-state index in [9.17, 15) is 9.59 Å². The molecule has 11 heteroatoms. The zero-order chi connectivity index (χ0) is 40.0. The van der Waals surface area contributed by atoms with Crippen LogP contribution in [0.4, 0.5) is 0 Å². The van der Waals surface area contributed by atoms with E-state index in [0.29, 0.717) is 20.7 Å². The number of hydrogen-bond acceptors (Lipinski definition) is 9. The van der Waals surface area contributed by atoms with Crippen molar-refractivity contribution in [1.29, 1.82) is 0 Å². The van der Waals surface area contributed by atoms with E-state index in [1.165, 1.54) is 119 Å². The van der Waals surface area contributed by atoms with Crippen LogP contribution in [0.15, 0.2) is 58.1 Å². The fourth-order valence-corrected chi connectivity index (χ4v) is 14.0. The molecule has 0 atom stereocenters. The Bertz CT molecular complexity index is 3220. The highest BCUT2D eigenvalue weighted by Gasteiger charge is 2.26. The molecule has 1 aromatic carbocycles. The second-order valence-corrected chi connectivity index (χ2v) is 21.8. The van der Waals surface area contributed by atoms with Crippen LogP contribution < -0.4 is 11.1 Å². The summed E-state index contributed by atoms with van der Waals surface area (Å²) in [6.07, 6.45) is 24.4. The largest absolute Gasteiger partial charge is 0.274 e. The molecular formula is C48H48N4O2S5. The van der Waals surface area contributed by atoms with Gasteiger partial charge in [-0.25, -0.2) is 9.97 Å². The van der Waals surface area contributed by atoms with E-state index < -0.39 is 0 Å². The summed E-state index contributed by atoms with van der Waals surface area (Å²) >= 11 is 8.45. The number of nitrogens with zero attached hydrogens (tertiary/aromatic N) is 4. The summed E-state index contributed by atoms with van der Waals surface area (Å²) in [7, 11) is 0. The predicted octanol–water partition coefficient (Wildman–Crippen LogP) is 14.4. The monoisotopic (exact) mass is 872 g/mol. The Hall–Kier alpha value is -4.00. The standard InChI is InChI=1S/C48H48N4O2S5/c1-3-5-7-9-11-13-15-29-17-19-31(55-29)21-23-33-27-37-45(57-33)49-43-35-25-26-36-40-39(35)41(47(53)51(37)43)59-42(40)48(54)52-38-28-34(58-46(38)50-44(36)52)24-22-32-20-18-30(56-32)16-14-12-10-8-6-4-2/h17-21,23,25-28H,3-16,22,24H2,1-2H3/b23-21+. The zero-order valence-electron chi connectivity index (χ0n) is 33.7. The van der Waals surface area contributed by atoms with Gasteiger partial charge in [0.15, 0.2) is 0 Å². The minimum Gasteiger partial charge on any atom is -0.267 e. The molecule has 0 saturated heterocycles. The summed E-state index contributed by atoms with van der Waals surface area (Å²) in [5.41, 5.74) is 2.80. The number of aromatic nitrogens is 4. The molecular weight excluding hydrogens is 825 g/mol. The van der Waals surface area contributed by atoms with Crippen LogP contribution in [0.1, 0.15) is 120 Å². The summed E-state index contributed by atoms with van der Waals surface area (Å²) in [6.45, 7) is 4.53. The molecule has 6 nitrogen and oxygen atoms in total. The maximum Gasteiger partial charge on any atom is 0.274 e. The van der Waals surface area contributed by atoms with E-state index in [1.807, 2.05) is 22.7 Å². The number of imidazole rings is 2. The summed E-state index contributed by atoms with van der Waals surface area (Å²) in [5.74, 6) is 0. The zero-order valence-corrected chi connectivity index (χ0v) is 37.8. The lowest BCUT2D eigenvalue weighted by Gasteiger charge is -2.05. The first kappa shape index (κ1) is 39.2. The predicted molar refractivity (Wildman–Crippen MR) is 259 cm³/mol. The molecule has 0 unspecified atom stereocenters. The van der Waals surface area contributed by atoms with E-state index in [1.54, 1.807) is 31.5 Å². The van der Waals surface area contributed by atoms with Crippen molar-refractivity contribution in [3.63, 3.8) is 0 Å². The Morgan fingerprint density at radius 2 is 1.00 bits per heavy atom. The molecule has 0 aliphatic carbocycles. The first-order chi connectivity index (χ1) is 29.0. The molecule has 302 valence electrons. The molecule has 9 aromatic heterocycles. The van der Waals surface area contributed by atoms with E-state index in [-0.39, 0.29) is 11.1 Å². The van der Waals surface area contributed by atoms with Crippen molar-refractivity contribution in [3.8, 4) is 0 Å². The van der Waals surface area contributed by atoms with Crippen LogP contribution in [-0.2, 0) is 25.7 Å². The molecule has 0 N–H and O–H groups in total. The van der Waals surface area contributed by atoms with E-state index in [2.05, 4.69) is 74.5 Å². The molecule has 59 heavy (non-hydrogen) atoms. The lowest BCUT2D eigenvalue weighted by molar-refractivity contribution is 0.609. The van der Waals surface area contributed by atoms with Gasteiger partial charge >= 0.3 is 0 Å². The third kappa shape index (κ3) is 7.34. The SMILES string of the molecule is CCCCCCCCc1ccc(/C=C/c2cc3c(nc4c5ccc6c7c(sc(c(=O)n34)c57)c(=O)n3c4cc(CCc5ccc(CCCCCCCC)s5)sc4nc63)s2)s1. The van der Waals surface area contributed by atoms with Crippen LogP contribution in [0, 0.1) is 0 Å². The first-order valence-corrected chi connectivity index (χ1v) is 25.6. The third-order valence-electron chi connectivity index (χ3n) is 11.9. The highest BCUT2D eigenvalue weighted by molar-refractivity contribution is 7.26. The minimum absolute atomic E-state index is 0.0977. The Morgan fingerprint density at radius 1 is 0.492 bits per heavy atom. The van der Waals surface area contributed by atoms with Gasteiger partial charge < -0.3 is 0 Å². The van der Waals surface area contributed by atoms with E-state index in [0.717, 1.165) is 66.4 Å². The quantitative estimate of drug-likeness (QED) is 0.0599. The first-order valence-electron chi connectivity index (χ1n) is 21.6. The lowest BCUT2D eigenvalue weighted by Crippen LogP contribution is -2.12. The molecule has 10 aromatic rings. The van der Waals surface area contributed by atoms with Gasteiger partial charge in [0.05, 0.1) is 11.0 Å². The fraction of sp³-hybridized carbons (Fsp3) is 0.375. The van der Waals surface area contributed by atoms with Gasteiger partial charge in [0.2, 0.25) is 0 Å². The number of rotatable bonds is 19. The summed E-state index contributed by atoms with van der Waals surface area (Å²) in [4.78, 5) is 48.6. The molecule has 0 radical (unpaired) electrons. The van der Waals surface area contributed by atoms with Crippen molar-refractivity contribution >= 4 is 132 Å². The number of fused-ring (bicyclic) bond motifs is 8. The fourth-order valence-electron chi connectivity index (χ4n) is 8.82. The van der Waals surface area contributed by atoms with Crippen LogP contribution in [0.2, 0.25) is 0 Å². The van der Waals surface area contributed by atoms with Gasteiger partial charge in [-0.05, 0) is 99.2 Å². The number of unbranched alkanes of at least 4 members (excludes halogenated alkanes) is 10. The maximum atomic E-state index is 14.4. The van der Waals surface area contributed by atoms with E-state index in [4.69, 9.17) is 9.97 Å². The number of aryl methyl sites for hydroxylation is 4. The average molecular weight is 873 g/mol. The van der Waals surface area contributed by atoms with Gasteiger partial charge in [0, 0.05) is 50.8 Å². The Kier molecular flexibility index (Phi) is 11.2. The molecule has 0 amide bonds. The number of pyridine rings is 2. The van der Waals surface area contributed by atoms with Crippen molar-refractivity contribution < 1.29 is 0 Å². The normalized spacial score (nSPS) is 12.7. The van der Waals surface area contributed by atoms with Crippen molar-refractivity contribution in [3.05, 3.63) is 98.5 Å². The van der Waals surface area contributed by atoms with Gasteiger partial charge in [0.25, 0.3) is 11.1 Å². The molecule has 10 rings (SSSR count). The molecule has 0 bridgehead atoms. The molecule has 0 aliphatic heterocycles. The molecule has 0 saturated carbocycles. The highest BCUT2D eigenvalue weighted by atomic mass is 32.1. The Balaban J connectivity index is 0.907. The Labute approximate surface area is 363 Å². The smallest absolute Gasteiger partial charge is 0.267 e. The summed E-state index contributed by atoms with van der Waals surface area (Å²) in [5, 5.41) is 3.49. The van der Waals surface area contributed by atoms with Gasteiger partial charge in [0.1, 0.15) is 30.4 Å². The van der Waals surface area contributed by atoms with Gasteiger partial charge in [-0.1, -0.05) is 78.1 Å². The minimum atomic E-state index is -0.113. The van der Waals surface area contributed by atoms with Crippen molar-refractivity contribution in [1.82, 2.24) is 18.8 Å². The number of benzene rings is 1. The third-order valence-corrected chi connectivity index (χ3v) is 17.4. The Morgan fingerprint density at radius 3 is 1.64 bits per heavy atom. The molecule has 0 fully saturated rings. The van der Waals surface area contributed by atoms with Crippen LogP contribution in [0.25, 0.3) is 75.1 Å². The topological polar surface area (TPSA) is 68.7 Å². The van der Waals surface area contributed by atoms with Gasteiger partial charge in [-0.15, -0.1) is 56.7 Å². The van der Waals surface area contributed by atoms with E-state index >= 15 is 0 Å². The van der Waals surface area contributed by atoms with Crippen LogP contribution in [-0.4, -0.2) is 18.8 Å². The highest BCUT2D eigenvalue weighted by Crippen LogP contribution is 2.42. The van der Waals surface area contributed by atoms with Crippen LogP contribution >= 0.6 is 56.7 Å². The molecule has 0 spiro atoms. The number of hydrogen-bond donors (Lipinski definition) is 0.